The van der Waals surface area contributed by atoms with Crippen LogP contribution in [0.4, 0.5) is 0 Å². The monoisotopic (exact) mass is 279 g/mol. The van der Waals surface area contributed by atoms with Gasteiger partial charge in [0.1, 0.15) is 0 Å². The van der Waals surface area contributed by atoms with Gasteiger partial charge in [-0.2, -0.15) is 5.10 Å². The third-order valence-corrected chi connectivity index (χ3v) is 4.42. The standard InChI is InChI=1S/C15H25N3O2/c1-17-10-13(9-16-17)15-12(3-2-8-20-15)11-18(6-7-19)14-4-5-14/h9-10,12,14-15,19H,2-8,11H2,1H3/t12-,15+/m0/s1. The Morgan fingerprint density at radius 1 is 1.45 bits per heavy atom. The summed E-state index contributed by atoms with van der Waals surface area (Å²) in [7, 11) is 1.95. The van der Waals surface area contributed by atoms with Crippen molar-refractivity contribution in [2.75, 3.05) is 26.3 Å². The molecule has 0 amide bonds. The van der Waals surface area contributed by atoms with Crippen molar-refractivity contribution in [3.63, 3.8) is 0 Å². The lowest BCUT2D eigenvalue weighted by Crippen LogP contribution is -2.38. The molecule has 20 heavy (non-hydrogen) atoms. The minimum absolute atomic E-state index is 0.164. The summed E-state index contributed by atoms with van der Waals surface area (Å²) in [5, 5.41) is 13.5. The summed E-state index contributed by atoms with van der Waals surface area (Å²) >= 11 is 0. The topological polar surface area (TPSA) is 50.5 Å². The molecule has 2 atom stereocenters. The van der Waals surface area contributed by atoms with Crippen molar-refractivity contribution in [2.24, 2.45) is 13.0 Å². The van der Waals surface area contributed by atoms with Gasteiger partial charge in [-0.15, -0.1) is 0 Å². The number of aromatic nitrogens is 2. The van der Waals surface area contributed by atoms with E-state index in [-0.39, 0.29) is 12.7 Å². The number of aryl methyl sites for hydroxylation is 1. The Bertz CT molecular complexity index is 431. The maximum Gasteiger partial charge on any atom is 0.0895 e. The van der Waals surface area contributed by atoms with Crippen LogP contribution in [0.2, 0.25) is 0 Å². The van der Waals surface area contributed by atoms with Crippen LogP contribution in [0.25, 0.3) is 0 Å². The van der Waals surface area contributed by atoms with Crippen LogP contribution in [-0.2, 0) is 11.8 Å². The van der Waals surface area contributed by atoms with Crippen molar-refractivity contribution in [1.82, 2.24) is 14.7 Å². The van der Waals surface area contributed by atoms with Crippen molar-refractivity contribution in [3.05, 3.63) is 18.0 Å². The van der Waals surface area contributed by atoms with E-state index in [9.17, 15) is 5.11 Å². The Morgan fingerprint density at radius 2 is 2.30 bits per heavy atom. The molecule has 2 aliphatic rings. The molecule has 0 radical (unpaired) electrons. The van der Waals surface area contributed by atoms with Crippen molar-refractivity contribution < 1.29 is 9.84 Å². The van der Waals surface area contributed by atoms with E-state index in [1.165, 1.54) is 24.8 Å². The Morgan fingerprint density at radius 3 is 2.95 bits per heavy atom. The summed E-state index contributed by atoms with van der Waals surface area (Å²) in [6.45, 7) is 2.92. The second kappa shape index (κ2) is 6.24. The minimum Gasteiger partial charge on any atom is -0.395 e. The maximum absolute atomic E-state index is 9.24. The van der Waals surface area contributed by atoms with Gasteiger partial charge in [0.05, 0.1) is 18.9 Å². The molecule has 1 aliphatic carbocycles. The van der Waals surface area contributed by atoms with E-state index in [0.717, 1.165) is 26.1 Å². The molecule has 0 bridgehead atoms. The van der Waals surface area contributed by atoms with Crippen LogP contribution in [0, 0.1) is 5.92 Å². The zero-order valence-corrected chi connectivity index (χ0v) is 12.2. The third kappa shape index (κ3) is 3.22. The maximum atomic E-state index is 9.24. The molecule has 2 heterocycles. The van der Waals surface area contributed by atoms with Crippen molar-refractivity contribution >= 4 is 0 Å². The van der Waals surface area contributed by atoms with Gasteiger partial charge < -0.3 is 9.84 Å². The van der Waals surface area contributed by atoms with E-state index in [1.807, 2.05) is 17.9 Å². The Balaban J connectivity index is 1.68. The molecule has 0 spiro atoms. The first-order chi connectivity index (χ1) is 9.78. The summed E-state index contributed by atoms with van der Waals surface area (Å²) in [5.41, 5.74) is 1.19. The number of aliphatic hydroxyl groups is 1. The highest BCUT2D eigenvalue weighted by molar-refractivity contribution is 5.10. The van der Waals surface area contributed by atoms with E-state index in [4.69, 9.17) is 4.74 Å². The molecular formula is C15H25N3O2. The molecule has 3 rings (SSSR count). The summed E-state index contributed by atoms with van der Waals surface area (Å²) in [5.74, 6) is 0.514. The van der Waals surface area contributed by atoms with Crippen LogP contribution in [-0.4, -0.2) is 52.1 Å². The van der Waals surface area contributed by atoms with Gasteiger partial charge in [-0.05, 0) is 25.7 Å². The van der Waals surface area contributed by atoms with E-state index >= 15 is 0 Å². The molecule has 0 aromatic carbocycles. The summed E-state index contributed by atoms with van der Waals surface area (Å²) in [6, 6.07) is 0.693. The normalized spacial score (nSPS) is 27.1. The Labute approximate surface area is 120 Å². The molecule has 5 heteroatoms. The molecule has 1 aromatic rings. The van der Waals surface area contributed by atoms with E-state index < -0.39 is 0 Å². The summed E-state index contributed by atoms with van der Waals surface area (Å²) in [6.07, 6.45) is 9.06. The summed E-state index contributed by atoms with van der Waals surface area (Å²) < 4.78 is 7.87. The van der Waals surface area contributed by atoms with E-state index in [2.05, 4.69) is 16.2 Å². The van der Waals surface area contributed by atoms with Crippen LogP contribution < -0.4 is 0 Å². The number of rotatable bonds is 6. The van der Waals surface area contributed by atoms with Crippen LogP contribution in [0.15, 0.2) is 12.4 Å². The zero-order valence-electron chi connectivity index (χ0n) is 12.2. The quantitative estimate of drug-likeness (QED) is 0.854. The SMILES string of the molecule is Cn1cc([C@@H]2OCCC[C@H]2CN(CCO)C2CC2)cn1. The highest BCUT2D eigenvalue weighted by atomic mass is 16.5. The van der Waals surface area contributed by atoms with E-state index in [1.54, 1.807) is 0 Å². The van der Waals surface area contributed by atoms with Crippen molar-refractivity contribution in [3.8, 4) is 0 Å². The fourth-order valence-electron chi connectivity index (χ4n) is 3.28. The first-order valence-electron chi connectivity index (χ1n) is 7.73. The smallest absolute Gasteiger partial charge is 0.0895 e. The largest absolute Gasteiger partial charge is 0.395 e. The van der Waals surface area contributed by atoms with Gasteiger partial charge in [0.25, 0.3) is 0 Å². The van der Waals surface area contributed by atoms with Gasteiger partial charge in [-0.1, -0.05) is 0 Å². The predicted octanol–water partition coefficient (Wildman–Crippen LogP) is 1.34. The number of aliphatic hydroxyl groups excluding tert-OH is 1. The minimum atomic E-state index is 0.164. The first-order valence-corrected chi connectivity index (χ1v) is 7.73. The first kappa shape index (κ1) is 14.0. The molecule has 112 valence electrons. The highest BCUT2D eigenvalue weighted by Crippen LogP contribution is 2.36. The van der Waals surface area contributed by atoms with Crippen LogP contribution in [0.3, 0.4) is 0 Å². The molecule has 5 nitrogen and oxygen atoms in total. The number of nitrogens with zero attached hydrogens (tertiary/aromatic N) is 3. The van der Waals surface area contributed by atoms with Gasteiger partial charge in [0.2, 0.25) is 0 Å². The lowest BCUT2D eigenvalue weighted by atomic mass is 9.90. The fraction of sp³-hybridized carbons (Fsp3) is 0.800. The summed E-state index contributed by atoms with van der Waals surface area (Å²) in [4.78, 5) is 2.45. The van der Waals surface area contributed by atoms with Crippen LogP contribution >= 0.6 is 0 Å². The van der Waals surface area contributed by atoms with Gasteiger partial charge in [-0.25, -0.2) is 0 Å². The molecular weight excluding hydrogens is 254 g/mol. The Hall–Kier alpha value is -0.910. The predicted molar refractivity (Wildman–Crippen MR) is 76.3 cm³/mol. The van der Waals surface area contributed by atoms with Crippen LogP contribution in [0.1, 0.15) is 37.4 Å². The average molecular weight is 279 g/mol. The molecule has 1 aromatic heterocycles. The van der Waals surface area contributed by atoms with E-state index in [0.29, 0.717) is 12.0 Å². The molecule has 2 fully saturated rings. The third-order valence-electron chi connectivity index (χ3n) is 4.42. The van der Waals surface area contributed by atoms with Gasteiger partial charge in [0, 0.05) is 50.5 Å². The van der Waals surface area contributed by atoms with Crippen molar-refractivity contribution in [1.29, 1.82) is 0 Å². The molecule has 1 saturated heterocycles. The van der Waals surface area contributed by atoms with Gasteiger partial charge in [0.15, 0.2) is 0 Å². The number of hydrogen-bond donors (Lipinski definition) is 1. The number of hydrogen-bond acceptors (Lipinski definition) is 4. The molecule has 1 N–H and O–H groups in total. The lowest BCUT2D eigenvalue weighted by molar-refractivity contribution is -0.0409. The average Bonchev–Trinajstić information content (AvgIpc) is 3.21. The highest BCUT2D eigenvalue weighted by Gasteiger charge is 2.34. The fourth-order valence-corrected chi connectivity index (χ4v) is 3.28. The van der Waals surface area contributed by atoms with Gasteiger partial charge in [-0.3, -0.25) is 9.58 Å². The molecule has 1 aliphatic heterocycles. The van der Waals surface area contributed by atoms with Crippen molar-refractivity contribution in [2.45, 2.75) is 37.8 Å². The van der Waals surface area contributed by atoms with Crippen LogP contribution in [0.5, 0.6) is 0 Å². The number of ether oxygens (including phenoxy) is 1. The molecule has 0 unspecified atom stereocenters. The van der Waals surface area contributed by atoms with Gasteiger partial charge >= 0.3 is 0 Å². The zero-order chi connectivity index (χ0) is 13.9. The Kier molecular flexibility index (Phi) is 4.38. The second-order valence-electron chi connectivity index (χ2n) is 6.09. The second-order valence-corrected chi connectivity index (χ2v) is 6.09. The molecule has 1 saturated carbocycles. The lowest BCUT2D eigenvalue weighted by Gasteiger charge is -2.35.